The molecule has 0 unspecified atom stereocenters. The molecule has 1 fully saturated rings. The summed E-state index contributed by atoms with van der Waals surface area (Å²) in [5.41, 5.74) is 1.05. The molecule has 5 nitrogen and oxygen atoms in total. The smallest absolute Gasteiger partial charge is 0.271 e. The van der Waals surface area contributed by atoms with E-state index in [9.17, 15) is 14.9 Å². The zero-order valence-corrected chi connectivity index (χ0v) is 11.3. The summed E-state index contributed by atoms with van der Waals surface area (Å²) in [6, 6.07) is 4.59. The molecule has 0 spiro atoms. The minimum Gasteiger partial charge on any atom is -0.360 e. The molecular weight excluding hydrogens is 256 g/mol. The van der Waals surface area contributed by atoms with Gasteiger partial charge in [0.15, 0.2) is 5.78 Å². The van der Waals surface area contributed by atoms with Crippen molar-refractivity contribution in [2.45, 2.75) is 32.6 Å². The fraction of sp³-hybridized carbons (Fsp3) is 0.400. The number of nitro benzene ring substituents is 1. The fourth-order valence-corrected chi connectivity index (χ4v) is 3.12. The molecule has 0 radical (unpaired) electrons. The third-order valence-electron chi connectivity index (χ3n) is 4.38. The number of aromatic nitrogens is 1. The highest BCUT2D eigenvalue weighted by molar-refractivity contribution is 6.10. The number of hydrogen-bond donors (Lipinski definition) is 1. The Balaban J connectivity index is 2.04. The summed E-state index contributed by atoms with van der Waals surface area (Å²) in [6.45, 7) is 2.02. The number of H-pyrrole nitrogens is 1. The van der Waals surface area contributed by atoms with Gasteiger partial charge < -0.3 is 4.98 Å². The third-order valence-corrected chi connectivity index (χ3v) is 4.38. The number of benzene rings is 1. The van der Waals surface area contributed by atoms with Crippen LogP contribution in [0.25, 0.3) is 10.9 Å². The molecule has 1 aliphatic rings. The molecule has 5 heteroatoms. The standard InChI is InChI=1S/C15H16N2O3/c1-15(6-2-3-7-15)14(18)12-9-16-13-8-10(17(19)20)4-5-11(12)13/h4-5,8-9,16H,2-3,6-7H2,1H3. The van der Waals surface area contributed by atoms with Gasteiger partial charge in [-0.2, -0.15) is 0 Å². The first-order valence-electron chi connectivity index (χ1n) is 6.82. The lowest BCUT2D eigenvalue weighted by atomic mass is 9.81. The topological polar surface area (TPSA) is 76.0 Å². The molecule has 0 saturated heterocycles. The van der Waals surface area contributed by atoms with Crippen molar-refractivity contribution in [1.82, 2.24) is 4.98 Å². The van der Waals surface area contributed by atoms with Crippen molar-refractivity contribution in [3.05, 3.63) is 40.1 Å². The molecule has 2 aromatic rings. The van der Waals surface area contributed by atoms with Crippen LogP contribution in [0.5, 0.6) is 0 Å². The maximum Gasteiger partial charge on any atom is 0.271 e. The van der Waals surface area contributed by atoms with Gasteiger partial charge in [-0.15, -0.1) is 0 Å². The van der Waals surface area contributed by atoms with Crippen LogP contribution in [-0.4, -0.2) is 15.7 Å². The number of fused-ring (bicyclic) bond motifs is 1. The van der Waals surface area contributed by atoms with E-state index in [-0.39, 0.29) is 16.9 Å². The van der Waals surface area contributed by atoms with Gasteiger partial charge in [0.2, 0.25) is 0 Å². The molecule has 0 aliphatic heterocycles. The molecule has 0 atom stereocenters. The van der Waals surface area contributed by atoms with Gasteiger partial charge in [0, 0.05) is 34.7 Å². The maximum atomic E-state index is 12.7. The molecule has 0 amide bonds. The van der Waals surface area contributed by atoms with Gasteiger partial charge in [-0.25, -0.2) is 0 Å². The normalized spacial score (nSPS) is 17.4. The van der Waals surface area contributed by atoms with Crippen molar-refractivity contribution in [2.75, 3.05) is 0 Å². The van der Waals surface area contributed by atoms with Crippen LogP contribution < -0.4 is 0 Å². The summed E-state index contributed by atoms with van der Waals surface area (Å²) >= 11 is 0. The lowest BCUT2D eigenvalue weighted by Gasteiger charge is -2.21. The molecule has 1 heterocycles. The molecule has 1 saturated carbocycles. The summed E-state index contributed by atoms with van der Waals surface area (Å²) in [5.74, 6) is 0.148. The highest BCUT2D eigenvalue weighted by Crippen LogP contribution is 2.41. The predicted molar refractivity (Wildman–Crippen MR) is 75.9 cm³/mol. The first-order chi connectivity index (χ1) is 9.51. The van der Waals surface area contributed by atoms with Crippen LogP contribution >= 0.6 is 0 Å². The van der Waals surface area contributed by atoms with E-state index < -0.39 is 4.92 Å². The van der Waals surface area contributed by atoms with Crippen molar-refractivity contribution < 1.29 is 9.72 Å². The van der Waals surface area contributed by atoms with E-state index in [4.69, 9.17) is 0 Å². The van der Waals surface area contributed by atoms with Crippen LogP contribution in [-0.2, 0) is 0 Å². The molecule has 20 heavy (non-hydrogen) atoms. The molecule has 1 aromatic carbocycles. The summed E-state index contributed by atoms with van der Waals surface area (Å²) in [4.78, 5) is 26.0. The van der Waals surface area contributed by atoms with Crippen LogP contribution in [0.15, 0.2) is 24.4 Å². The number of ketones is 1. The molecule has 104 valence electrons. The number of aromatic amines is 1. The number of non-ortho nitro benzene ring substituents is 1. The van der Waals surface area contributed by atoms with Gasteiger partial charge in [0.05, 0.1) is 10.4 Å². The number of hydrogen-bond acceptors (Lipinski definition) is 3. The Morgan fingerprint density at radius 3 is 2.70 bits per heavy atom. The minimum absolute atomic E-state index is 0.0328. The van der Waals surface area contributed by atoms with E-state index in [1.54, 1.807) is 12.3 Å². The van der Waals surface area contributed by atoms with E-state index in [0.717, 1.165) is 31.1 Å². The maximum absolute atomic E-state index is 12.7. The monoisotopic (exact) mass is 272 g/mol. The Morgan fingerprint density at radius 1 is 1.35 bits per heavy atom. The molecule has 1 N–H and O–H groups in total. The van der Waals surface area contributed by atoms with Gasteiger partial charge in [-0.1, -0.05) is 19.8 Å². The number of nitro groups is 1. The molecular formula is C15H16N2O3. The number of nitrogens with zero attached hydrogens (tertiary/aromatic N) is 1. The second-order valence-corrected chi connectivity index (χ2v) is 5.79. The van der Waals surface area contributed by atoms with Crippen molar-refractivity contribution in [3.8, 4) is 0 Å². The second-order valence-electron chi connectivity index (χ2n) is 5.79. The fourth-order valence-electron chi connectivity index (χ4n) is 3.12. The van der Waals surface area contributed by atoms with Crippen LogP contribution in [0.4, 0.5) is 5.69 Å². The average Bonchev–Trinajstić information content (AvgIpc) is 3.04. The zero-order valence-electron chi connectivity index (χ0n) is 11.3. The van der Waals surface area contributed by atoms with Crippen molar-refractivity contribution in [1.29, 1.82) is 0 Å². The van der Waals surface area contributed by atoms with Gasteiger partial charge >= 0.3 is 0 Å². The number of carbonyl (C=O) groups is 1. The largest absolute Gasteiger partial charge is 0.360 e. The summed E-state index contributed by atoms with van der Waals surface area (Å²) in [5, 5.41) is 11.5. The lowest BCUT2D eigenvalue weighted by molar-refractivity contribution is -0.384. The van der Waals surface area contributed by atoms with Crippen LogP contribution in [0.3, 0.4) is 0 Å². The Bertz CT molecular complexity index is 696. The Morgan fingerprint density at radius 2 is 2.05 bits per heavy atom. The van der Waals surface area contributed by atoms with Gasteiger partial charge in [0.1, 0.15) is 0 Å². The molecule has 1 aliphatic carbocycles. The Hall–Kier alpha value is -2.17. The summed E-state index contributed by atoms with van der Waals surface area (Å²) in [7, 11) is 0. The summed E-state index contributed by atoms with van der Waals surface area (Å²) in [6.07, 6.45) is 5.71. The predicted octanol–water partition coefficient (Wildman–Crippen LogP) is 3.84. The lowest BCUT2D eigenvalue weighted by Crippen LogP contribution is -2.24. The first kappa shape index (κ1) is 12.8. The van der Waals surface area contributed by atoms with E-state index >= 15 is 0 Å². The van der Waals surface area contributed by atoms with Gasteiger partial charge in [0.25, 0.3) is 5.69 Å². The summed E-state index contributed by atoms with van der Waals surface area (Å²) < 4.78 is 0. The van der Waals surface area contributed by atoms with Gasteiger partial charge in [-0.05, 0) is 18.9 Å². The third kappa shape index (κ3) is 1.90. The Kier molecular flexibility index (Phi) is 2.85. The van der Waals surface area contributed by atoms with E-state index in [1.165, 1.54) is 12.1 Å². The zero-order chi connectivity index (χ0) is 14.3. The number of nitrogens with one attached hydrogen (secondary N) is 1. The van der Waals surface area contributed by atoms with Gasteiger partial charge in [-0.3, -0.25) is 14.9 Å². The number of Topliss-reactive ketones (excluding diaryl/α,β-unsaturated/α-hetero) is 1. The van der Waals surface area contributed by atoms with Crippen molar-refractivity contribution in [3.63, 3.8) is 0 Å². The molecule has 0 bridgehead atoms. The highest BCUT2D eigenvalue weighted by Gasteiger charge is 2.37. The van der Waals surface area contributed by atoms with Crippen LogP contribution in [0, 0.1) is 15.5 Å². The Labute approximate surface area is 116 Å². The number of rotatable bonds is 3. The number of carbonyl (C=O) groups excluding carboxylic acids is 1. The van der Waals surface area contributed by atoms with E-state index in [1.807, 2.05) is 6.92 Å². The average molecular weight is 272 g/mol. The first-order valence-corrected chi connectivity index (χ1v) is 6.82. The highest BCUT2D eigenvalue weighted by atomic mass is 16.6. The minimum atomic E-state index is -0.430. The van der Waals surface area contributed by atoms with E-state index in [0.29, 0.717) is 11.1 Å². The second kappa shape index (κ2) is 4.44. The SMILES string of the molecule is CC1(C(=O)c2c[nH]c3cc([N+](=O)[O-])ccc23)CCCC1. The molecule has 3 rings (SSSR count). The van der Waals surface area contributed by atoms with Crippen LogP contribution in [0.1, 0.15) is 43.0 Å². The quantitative estimate of drug-likeness (QED) is 0.524. The van der Waals surface area contributed by atoms with Crippen LogP contribution in [0.2, 0.25) is 0 Å². The molecule has 1 aromatic heterocycles. The van der Waals surface area contributed by atoms with Crippen molar-refractivity contribution >= 4 is 22.4 Å². The van der Waals surface area contributed by atoms with E-state index in [2.05, 4.69) is 4.98 Å². The van der Waals surface area contributed by atoms with Crippen molar-refractivity contribution in [2.24, 2.45) is 5.41 Å².